The molecule has 1 aliphatic rings. The van der Waals surface area contributed by atoms with Gasteiger partial charge in [-0.3, -0.25) is 0 Å². The Labute approximate surface area is 88.2 Å². The minimum absolute atomic E-state index is 0.150. The van der Waals surface area contributed by atoms with Crippen molar-refractivity contribution in [3.05, 3.63) is 0 Å². The zero-order valence-corrected chi connectivity index (χ0v) is 9.83. The van der Waals surface area contributed by atoms with Crippen LogP contribution >= 0.6 is 0 Å². The first-order valence-electron chi connectivity index (χ1n) is 6.04. The maximum absolute atomic E-state index is 5.96. The third-order valence-electron chi connectivity index (χ3n) is 3.46. The molecule has 0 heterocycles. The van der Waals surface area contributed by atoms with Crippen molar-refractivity contribution in [1.82, 2.24) is 0 Å². The standard InChI is InChI=1S/C12H25NO/c1-4-11-6-5-7-12(8-11)14-10(3)9(2)13/h9-12H,4-8,13H2,1-3H3/t9-,10?,11?,12?/m0/s1. The molecule has 0 bridgehead atoms. The van der Waals surface area contributed by atoms with Gasteiger partial charge in [-0.1, -0.05) is 26.2 Å². The van der Waals surface area contributed by atoms with Crippen molar-refractivity contribution in [1.29, 1.82) is 0 Å². The molecule has 2 N–H and O–H groups in total. The zero-order valence-electron chi connectivity index (χ0n) is 9.83. The molecule has 1 rings (SSSR count). The van der Waals surface area contributed by atoms with E-state index in [0.29, 0.717) is 6.10 Å². The first-order chi connectivity index (χ1) is 6.63. The molecule has 1 saturated carbocycles. The van der Waals surface area contributed by atoms with Crippen molar-refractivity contribution in [2.45, 2.75) is 71.1 Å². The van der Waals surface area contributed by atoms with Crippen LogP contribution in [-0.2, 0) is 4.74 Å². The van der Waals surface area contributed by atoms with E-state index in [4.69, 9.17) is 10.5 Å². The number of hydrogen-bond donors (Lipinski definition) is 1. The van der Waals surface area contributed by atoms with Gasteiger partial charge in [0.05, 0.1) is 12.2 Å². The van der Waals surface area contributed by atoms with Crippen LogP contribution in [-0.4, -0.2) is 18.2 Å². The number of rotatable bonds is 4. The van der Waals surface area contributed by atoms with E-state index in [2.05, 4.69) is 13.8 Å². The van der Waals surface area contributed by atoms with Gasteiger partial charge in [0.15, 0.2) is 0 Å². The van der Waals surface area contributed by atoms with Gasteiger partial charge in [-0.2, -0.15) is 0 Å². The molecule has 0 amide bonds. The number of nitrogens with two attached hydrogens (primary N) is 1. The lowest BCUT2D eigenvalue weighted by molar-refractivity contribution is -0.0402. The summed E-state index contributed by atoms with van der Waals surface area (Å²) in [5, 5.41) is 0. The molecule has 0 radical (unpaired) electrons. The molecule has 0 aromatic carbocycles. The second kappa shape index (κ2) is 5.72. The third kappa shape index (κ3) is 3.58. The molecule has 0 aromatic rings. The van der Waals surface area contributed by atoms with Crippen LogP contribution in [0.4, 0.5) is 0 Å². The zero-order chi connectivity index (χ0) is 10.6. The highest BCUT2D eigenvalue weighted by molar-refractivity contribution is 4.75. The Hall–Kier alpha value is -0.0800. The van der Waals surface area contributed by atoms with Crippen LogP contribution < -0.4 is 5.73 Å². The van der Waals surface area contributed by atoms with Gasteiger partial charge >= 0.3 is 0 Å². The second-order valence-electron chi connectivity index (χ2n) is 4.76. The summed E-state index contributed by atoms with van der Waals surface area (Å²) in [6.45, 7) is 6.38. The molecule has 84 valence electrons. The molecule has 0 spiro atoms. The Morgan fingerprint density at radius 2 is 2.07 bits per heavy atom. The van der Waals surface area contributed by atoms with E-state index in [-0.39, 0.29) is 12.1 Å². The highest BCUT2D eigenvalue weighted by atomic mass is 16.5. The van der Waals surface area contributed by atoms with E-state index in [9.17, 15) is 0 Å². The van der Waals surface area contributed by atoms with Gasteiger partial charge < -0.3 is 10.5 Å². The largest absolute Gasteiger partial charge is 0.374 e. The monoisotopic (exact) mass is 199 g/mol. The first-order valence-corrected chi connectivity index (χ1v) is 6.04. The van der Waals surface area contributed by atoms with Crippen molar-refractivity contribution in [3.63, 3.8) is 0 Å². The summed E-state index contributed by atoms with van der Waals surface area (Å²) in [6.07, 6.45) is 7.16. The van der Waals surface area contributed by atoms with Crippen LogP contribution in [0, 0.1) is 5.92 Å². The minimum atomic E-state index is 0.150. The average Bonchev–Trinajstić information content (AvgIpc) is 2.18. The Morgan fingerprint density at radius 3 is 2.64 bits per heavy atom. The van der Waals surface area contributed by atoms with Crippen molar-refractivity contribution < 1.29 is 4.74 Å². The van der Waals surface area contributed by atoms with Crippen LogP contribution in [0.3, 0.4) is 0 Å². The molecular weight excluding hydrogens is 174 g/mol. The highest BCUT2D eigenvalue weighted by Crippen LogP contribution is 2.29. The summed E-state index contributed by atoms with van der Waals surface area (Å²) in [7, 11) is 0. The molecule has 2 heteroatoms. The Kier molecular flexibility index (Phi) is 4.90. The van der Waals surface area contributed by atoms with Crippen molar-refractivity contribution in [2.24, 2.45) is 11.7 Å². The fraction of sp³-hybridized carbons (Fsp3) is 1.00. The molecule has 0 aliphatic heterocycles. The highest BCUT2D eigenvalue weighted by Gasteiger charge is 2.23. The van der Waals surface area contributed by atoms with E-state index in [1.165, 1.54) is 32.1 Å². The molecule has 2 nitrogen and oxygen atoms in total. The smallest absolute Gasteiger partial charge is 0.0698 e. The van der Waals surface area contributed by atoms with Gasteiger partial charge in [0.2, 0.25) is 0 Å². The van der Waals surface area contributed by atoms with Crippen molar-refractivity contribution >= 4 is 0 Å². The fourth-order valence-electron chi connectivity index (χ4n) is 2.16. The molecule has 0 saturated heterocycles. The van der Waals surface area contributed by atoms with Gasteiger partial charge in [-0.05, 0) is 32.6 Å². The van der Waals surface area contributed by atoms with Crippen molar-refractivity contribution in [3.8, 4) is 0 Å². The molecule has 4 atom stereocenters. The SMILES string of the molecule is CCC1CCCC(OC(C)[C@H](C)N)C1. The predicted octanol–water partition coefficient (Wildman–Crippen LogP) is 2.71. The summed E-state index contributed by atoms with van der Waals surface area (Å²) in [4.78, 5) is 0. The van der Waals surface area contributed by atoms with Crippen LogP contribution in [0.5, 0.6) is 0 Å². The van der Waals surface area contributed by atoms with Gasteiger partial charge in [-0.25, -0.2) is 0 Å². The summed E-state index contributed by atoms with van der Waals surface area (Å²) < 4.78 is 5.96. The van der Waals surface area contributed by atoms with Gasteiger partial charge in [0.25, 0.3) is 0 Å². The third-order valence-corrected chi connectivity index (χ3v) is 3.46. The topological polar surface area (TPSA) is 35.2 Å². The van der Waals surface area contributed by atoms with Gasteiger partial charge in [0, 0.05) is 6.04 Å². The lowest BCUT2D eigenvalue weighted by atomic mass is 9.85. The molecule has 1 aliphatic carbocycles. The molecular formula is C12H25NO. The number of ether oxygens (including phenoxy) is 1. The second-order valence-corrected chi connectivity index (χ2v) is 4.76. The maximum Gasteiger partial charge on any atom is 0.0698 e. The normalized spacial score (nSPS) is 32.6. The Balaban J connectivity index is 2.30. The fourth-order valence-corrected chi connectivity index (χ4v) is 2.16. The van der Waals surface area contributed by atoms with E-state index in [1.54, 1.807) is 0 Å². The average molecular weight is 199 g/mol. The molecule has 14 heavy (non-hydrogen) atoms. The molecule has 3 unspecified atom stereocenters. The minimum Gasteiger partial charge on any atom is -0.374 e. The van der Waals surface area contributed by atoms with E-state index in [0.717, 1.165) is 5.92 Å². The van der Waals surface area contributed by atoms with Crippen LogP contribution in [0.2, 0.25) is 0 Å². The van der Waals surface area contributed by atoms with E-state index < -0.39 is 0 Å². The summed E-state index contributed by atoms with van der Waals surface area (Å²) in [6, 6.07) is 0.150. The summed E-state index contributed by atoms with van der Waals surface area (Å²) in [5.74, 6) is 0.883. The maximum atomic E-state index is 5.96. The number of hydrogen-bond acceptors (Lipinski definition) is 2. The van der Waals surface area contributed by atoms with Crippen LogP contribution in [0.15, 0.2) is 0 Å². The lowest BCUT2D eigenvalue weighted by Crippen LogP contribution is -2.36. The molecule has 1 fully saturated rings. The first kappa shape index (κ1) is 12.0. The predicted molar refractivity (Wildman–Crippen MR) is 60.2 cm³/mol. The molecule has 0 aromatic heterocycles. The lowest BCUT2D eigenvalue weighted by Gasteiger charge is -2.31. The van der Waals surface area contributed by atoms with Gasteiger partial charge in [-0.15, -0.1) is 0 Å². The summed E-state index contributed by atoms with van der Waals surface area (Å²) in [5.41, 5.74) is 5.80. The Bertz CT molecular complexity index is 158. The van der Waals surface area contributed by atoms with Crippen LogP contribution in [0.25, 0.3) is 0 Å². The van der Waals surface area contributed by atoms with E-state index >= 15 is 0 Å². The van der Waals surface area contributed by atoms with E-state index in [1.807, 2.05) is 6.92 Å². The van der Waals surface area contributed by atoms with Crippen LogP contribution in [0.1, 0.15) is 52.9 Å². The Morgan fingerprint density at radius 1 is 1.36 bits per heavy atom. The quantitative estimate of drug-likeness (QED) is 0.755. The summed E-state index contributed by atoms with van der Waals surface area (Å²) >= 11 is 0. The van der Waals surface area contributed by atoms with Gasteiger partial charge in [0.1, 0.15) is 0 Å². The van der Waals surface area contributed by atoms with Crippen molar-refractivity contribution in [2.75, 3.05) is 0 Å².